The van der Waals surface area contributed by atoms with E-state index in [1.807, 2.05) is 12.3 Å². The summed E-state index contributed by atoms with van der Waals surface area (Å²) in [4.78, 5) is 4.28. The molecule has 0 atom stereocenters. The van der Waals surface area contributed by atoms with E-state index in [-0.39, 0.29) is 11.5 Å². The zero-order valence-corrected chi connectivity index (χ0v) is 13.4. The van der Waals surface area contributed by atoms with E-state index in [0.717, 1.165) is 17.2 Å². The van der Waals surface area contributed by atoms with Crippen LogP contribution < -0.4 is 0 Å². The van der Waals surface area contributed by atoms with E-state index in [1.165, 1.54) is 24.2 Å². The predicted molar refractivity (Wildman–Crippen MR) is 78.6 cm³/mol. The minimum absolute atomic E-state index is 0.0759. The topological polar surface area (TPSA) is 90.6 Å². The smallest absolute Gasteiger partial charge is 0.166 e. The standard InChI is InChI=1S/C12H17N5O2S2/c1-9-13-11(7-20-9)4-5-21(18,19)8-12-14-15-16-17(12)6-10-2-3-10/h7,10H,2-6,8H2,1H3. The van der Waals surface area contributed by atoms with Gasteiger partial charge in [0, 0.05) is 18.3 Å². The van der Waals surface area contributed by atoms with Gasteiger partial charge in [0.15, 0.2) is 15.7 Å². The third-order valence-corrected chi connectivity index (χ3v) is 5.77. The largest absolute Gasteiger partial charge is 0.247 e. The lowest BCUT2D eigenvalue weighted by Gasteiger charge is -2.04. The van der Waals surface area contributed by atoms with Gasteiger partial charge in [0.1, 0.15) is 5.75 Å². The van der Waals surface area contributed by atoms with E-state index >= 15 is 0 Å². The Labute approximate surface area is 127 Å². The van der Waals surface area contributed by atoms with Crippen molar-refractivity contribution < 1.29 is 8.42 Å². The van der Waals surface area contributed by atoms with Gasteiger partial charge < -0.3 is 0 Å². The Kier molecular flexibility index (Phi) is 4.03. The second-order valence-electron chi connectivity index (χ2n) is 5.42. The summed E-state index contributed by atoms with van der Waals surface area (Å²) in [6, 6.07) is 0. The number of aryl methyl sites for hydroxylation is 2. The van der Waals surface area contributed by atoms with E-state index in [0.29, 0.717) is 18.2 Å². The number of tetrazole rings is 1. The van der Waals surface area contributed by atoms with E-state index in [1.54, 1.807) is 4.68 Å². The number of sulfone groups is 1. The van der Waals surface area contributed by atoms with Gasteiger partial charge in [0.05, 0.1) is 16.5 Å². The second kappa shape index (κ2) is 5.80. The maximum Gasteiger partial charge on any atom is 0.166 e. The Bertz CT molecular complexity index is 718. The molecule has 2 aromatic rings. The molecule has 2 aromatic heterocycles. The quantitative estimate of drug-likeness (QED) is 0.753. The third kappa shape index (κ3) is 4.07. The molecule has 114 valence electrons. The summed E-state index contributed by atoms with van der Waals surface area (Å²) >= 11 is 1.53. The molecule has 0 saturated heterocycles. The molecule has 0 amide bonds. The summed E-state index contributed by atoms with van der Waals surface area (Å²) in [7, 11) is -3.23. The van der Waals surface area contributed by atoms with Gasteiger partial charge >= 0.3 is 0 Å². The lowest BCUT2D eigenvalue weighted by Crippen LogP contribution is -2.16. The molecule has 0 unspecified atom stereocenters. The molecular weight excluding hydrogens is 310 g/mol. The number of hydrogen-bond donors (Lipinski definition) is 0. The molecule has 1 saturated carbocycles. The van der Waals surface area contributed by atoms with Crippen LogP contribution in [0.4, 0.5) is 0 Å². The number of thiazole rings is 1. The van der Waals surface area contributed by atoms with Crippen LogP contribution in [0.15, 0.2) is 5.38 Å². The average Bonchev–Trinajstić information content (AvgIpc) is 2.98. The van der Waals surface area contributed by atoms with Crippen molar-refractivity contribution in [1.29, 1.82) is 0 Å². The average molecular weight is 327 g/mol. The third-order valence-electron chi connectivity index (χ3n) is 3.42. The Morgan fingerprint density at radius 1 is 1.43 bits per heavy atom. The van der Waals surface area contributed by atoms with E-state index in [9.17, 15) is 8.42 Å². The van der Waals surface area contributed by atoms with Crippen LogP contribution in [0.2, 0.25) is 0 Å². The van der Waals surface area contributed by atoms with Crippen LogP contribution in [0.3, 0.4) is 0 Å². The maximum atomic E-state index is 12.2. The van der Waals surface area contributed by atoms with Crippen molar-refractivity contribution in [3.05, 3.63) is 21.9 Å². The molecule has 2 heterocycles. The molecule has 21 heavy (non-hydrogen) atoms. The van der Waals surface area contributed by atoms with E-state index in [2.05, 4.69) is 20.5 Å². The first kappa shape index (κ1) is 14.6. The first-order valence-corrected chi connectivity index (χ1v) is 9.58. The summed E-state index contributed by atoms with van der Waals surface area (Å²) in [5.74, 6) is 1.02. The molecule has 0 aromatic carbocycles. The van der Waals surface area contributed by atoms with Crippen molar-refractivity contribution in [2.75, 3.05) is 5.75 Å². The zero-order chi connectivity index (χ0) is 14.9. The van der Waals surface area contributed by atoms with E-state index < -0.39 is 9.84 Å². The minimum atomic E-state index is -3.23. The molecule has 0 bridgehead atoms. The van der Waals surface area contributed by atoms with Crippen molar-refractivity contribution in [2.24, 2.45) is 5.92 Å². The fourth-order valence-corrected chi connectivity index (χ4v) is 3.98. The van der Waals surface area contributed by atoms with Crippen molar-refractivity contribution in [3.8, 4) is 0 Å². The molecule has 7 nitrogen and oxygen atoms in total. The zero-order valence-electron chi connectivity index (χ0n) is 11.8. The highest BCUT2D eigenvalue weighted by molar-refractivity contribution is 7.90. The van der Waals surface area contributed by atoms with Crippen molar-refractivity contribution >= 4 is 21.2 Å². The van der Waals surface area contributed by atoms with Crippen LogP contribution in [0.1, 0.15) is 29.4 Å². The summed E-state index contributed by atoms with van der Waals surface area (Å²) < 4.78 is 26.0. The Morgan fingerprint density at radius 2 is 2.24 bits per heavy atom. The van der Waals surface area contributed by atoms with Crippen LogP contribution >= 0.6 is 11.3 Å². The molecule has 9 heteroatoms. The number of aromatic nitrogens is 5. The van der Waals surface area contributed by atoms with Crippen molar-refractivity contribution in [1.82, 2.24) is 25.2 Å². The van der Waals surface area contributed by atoms with Crippen molar-refractivity contribution in [2.45, 2.75) is 38.5 Å². The first-order valence-electron chi connectivity index (χ1n) is 6.88. The molecule has 0 aliphatic heterocycles. The molecule has 3 rings (SSSR count). The fraction of sp³-hybridized carbons (Fsp3) is 0.667. The maximum absolute atomic E-state index is 12.2. The van der Waals surface area contributed by atoms with Gasteiger partial charge in [0.25, 0.3) is 0 Å². The minimum Gasteiger partial charge on any atom is -0.247 e. The molecule has 0 radical (unpaired) electrons. The Hall–Kier alpha value is -1.35. The van der Waals surface area contributed by atoms with Gasteiger partial charge in [-0.25, -0.2) is 18.1 Å². The van der Waals surface area contributed by atoms with Crippen molar-refractivity contribution in [3.63, 3.8) is 0 Å². The summed E-state index contributed by atoms with van der Waals surface area (Å²) in [6.45, 7) is 2.64. The van der Waals surface area contributed by atoms with Gasteiger partial charge in [-0.1, -0.05) is 0 Å². The normalized spacial score (nSPS) is 15.5. The van der Waals surface area contributed by atoms with Crippen LogP contribution in [0.5, 0.6) is 0 Å². The monoisotopic (exact) mass is 327 g/mol. The molecule has 1 aliphatic rings. The van der Waals surface area contributed by atoms with Crippen LogP contribution in [-0.4, -0.2) is 39.4 Å². The van der Waals surface area contributed by atoms with Gasteiger partial charge in [-0.15, -0.1) is 16.4 Å². The molecule has 1 fully saturated rings. The predicted octanol–water partition coefficient (Wildman–Crippen LogP) is 1.01. The highest BCUT2D eigenvalue weighted by Gasteiger charge is 2.25. The lowest BCUT2D eigenvalue weighted by molar-refractivity contribution is 0.526. The number of rotatable bonds is 7. The fourth-order valence-electron chi connectivity index (χ4n) is 2.07. The SMILES string of the molecule is Cc1nc(CCS(=O)(=O)Cc2nnnn2CC2CC2)cs1. The first-order chi connectivity index (χ1) is 10.0. The molecular formula is C12H17N5O2S2. The van der Waals surface area contributed by atoms with Crippen LogP contribution in [0, 0.1) is 12.8 Å². The lowest BCUT2D eigenvalue weighted by atomic mass is 10.4. The van der Waals surface area contributed by atoms with Gasteiger partial charge in [-0.2, -0.15) is 0 Å². The number of nitrogens with zero attached hydrogens (tertiary/aromatic N) is 5. The van der Waals surface area contributed by atoms with Gasteiger partial charge in [0.2, 0.25) is 0 Å². The summed E-state index contributed by atoms with van der Waals surface area (Å²) in [5.41, 5.74) is 0.832. The van der Waals surface area contributed by atoms with Crippen LogP contribution in [-0.2, 0) is 28.6 Å². The number of hydrogen-bond acceptors (Lipinski definition) is 7. The van der Waals surface area contributed by atoms with Gasteiger partial charge in [-0.05, 0) is 36.1 Å². The highest BCUT2D eigenvalue weighted by atomic mass is 32.2. The summed E-state index contributed by atoms with van der Waals surface area (Å²) in [5, 5.41) is 14.2. The Balaban J connectivity index is 1.61. The van der Waals surface area contributed by atoms with E-state index in [4.69, 9.17) is 0 Å². The summed E-state index contributed by atoms with van der Waals surface area (Å²) in [6.07, 6.45) is 2.79. The van der Waals surface area contributed by atoms with Gasteiger partial charge in [-0.3, -0.25) is 0 Å². The second-order valence-corrected chi connectivity index (χ2v) is 8.67. The molecule has 1 aliphatic carbocycles. The Morgan fingerprint density at radius 3 is 2.90 bits per heavy atom. The van der Waals surface area contributed by atoms with Crippen LogP contribution in [0.25, 0.3) is 0 Å². The molecule has 0 spiro atoms. The highest BCUT2D eigenvalue weighted by Crippen LogP contribution is 2.30. The molecule has 0 N–H and O–H groups in total.